The van der Waals surface area contributed by atoms with Crippen LogP contribution in [0.1, 0.15) is 16.2 Å². The van der Waals surface area contributed by atoms with E-state index in [2.05, 4.69) is 25.3 Å². The number of halogens is 2. The van der Waals surface area contributed by atoms with E-state index >= 15 is 4.39 Å². The molecule has 0 atom stereocenters. The zero-order chi connectivity index (χ0) is 28.4. The van der Waals surface area contributed by atoms with Crippen molar-refractivity contribution >= 4 is 22.6 Å². The van der Waals surface area contributed by atoms with Gasteiger partial charge >= 0.3 is 0 Å². The Labute approximate surface area is 225 Å². The largest absolute Gasteiger partial charge is 0.491 e. The summed E-state index contributed by atoms with van der Waals surface area (Å²) in [4.78, 5) is 42.3. The average Bonchev–Trinajstić information content (AvgIpc) is 2.94. The smallest absolute Gasteiger partial charge is 0.288 e. The van der Waals surface area contributed by atoms with Crippen LogP contribution >= 0.6 is 0 Å². The number of fused-ring (bicyclic) bond motifs is 1. The highest BCUT2D eigenvalue weighted by Gasteiger charge is 2.19. The van der Waals surface area contributed by atoms with E-state index in [1.165, 1.54) is 50.9 Å². The highest BCUT2D eigenvalue weighted by atomic mass is 19.1. The first-order valence-electron chi connectivity index (χ1n) is 11.7. The fourth-order valence-electron chi connectivity index (χ4n) is 3.83. The van der Waals surface area contributed by atoms with Crippen LogP contribution in [0.2, 0.25) is 0 Å². The van der Waals surface area contributed by atoms with E-state index < -0.39 is 28.8 Å². The molecule has 0 aliphatic carbocycles. The third kappa shape index (κ3) is 4.99. The zero-order valence-electron chi connectivity index (χ0n) is 21.3. The molecule has 13 heteroatoms. The number of aromatic nitrogens is 5. The van der Waals surface area contributed by atoms with E-state index in [-0.39, 0.29) is 28.9 Å². The van der Waals surface area contributed by atoms with E-state index in [4.69, 9.17) is 14.2 Å². The standard InChI is InChI=1S/C27H20F2N6O5/c1-14-12-32-24(27(37)35(14)22-7-4-15(28)13-31-22)25(36)33-16-5-6-19(17(29)10-16)40-20-8-9-30-18-11-21(38-2)26(39-3)34-23(18)20/h4-13H,1-3H3,(H,33,36). The summed E-state index contributed by atoms with van der Waals surface area (Å²) in [6.07, 6.45) is 3.73. The highest BCUT2D eigenvalue weighted by Crippen LogP contribution is 2.35. The minimum Gasteiger partial charge on any atom is -0.491 e. The number of amides is 1. The molecule has 4 aromatic heterocycles. The van der Waals surface area contributed by atoms with Gasteiger partial charge in [-0.2, -0.15) is 0 Å². The van der Waals surface area contributed by atoms with Gasteiger partial charge in [0.15, 0.2) is 28.8 Å². The van der Waals surface area contributed by atoms with Crippen molar-refractivity contribution in [1.29, 1.82) is 0 Å². The summed E-state index contributed by atoms with van der Waals surface area (Å²) in [6.45, 7) is 1.59. The van der Waals surface area contributed by atoms with Crippen molar-refractivity contribution in [2.45, 2.75) is 6.92 Å². The maximum Gasteiger partial charge on any atom is 0.288 e. The highest BCUT2D eigenvalue weighted by molar-refractivity contribution is 6.02. The van der Waals surface area contributed by atoms with Crippen LogP contribution in [0.4, 0.5) is 14.5 Å². The molecule has 0 bridgehead atoms. The average molecular weight is 546 g/mol. The van der Waals surface area contributed by atoms with Crippen LogP contribution < -0.4 is 25.1 Å². The van der Waals surface area contributed by atoms with Crippen LogP contribution in [0.5, 0.6) is 23.1 Å². The second-order valence-corrected chi connectivity index (χ2v) is 8.30. The predicted molar refractivity (Wildman–Crippen MR) is 139 cm³/mol. The molecule has 0 saturated heterocycles. The minimum atomic E-state index is -0.876. The quantitative estimate of drug-likeness (QED) is 0.319. The van der Waals surface area contributed by atoms with Gasteiger partial charge in [-0.15, -0.1) is 0 Å². The normalized spacial score (nSPS) is 10.8. The van der Waals surface area contributed by atoms with Gasteiger partial charge in [0.1, 0.15) is 17.2 Å². The molecule has 0 aliphatic heterocycles. The predicted octanol–water partition coefficient (Wildman–Crippen LogP) is 4.22. The fourth-order valence-corrected chi connectivity index (χ4v) is 3.83. The van der Waals surface area contributed by atoms with E-state index in [0.717, 1.165) is 22.9 Å². The number of hydrogen-bond donors (Lipinski definition) is 1. The van der Waals surface area contributed by atoms with Crippen LogP contribution in [0.3, 0.4) is 0 Å². The number of benzene rings is 1. The maximum absolute atomic E-state index is 15.0. The number of nitrogens with one attached hydrogen (secondary N) is 1. The molecule has 0 spiro atoms. The maximum atomic E-state index is 15.0. The molecule has 0 radical (unpaired) electrons. The van der Waals surface area contributed by atoms with E-state index in [1.807, 2.05) is 0 Å². The Kier molecular flexibility index (Phi) is 7.01. The molecule has 0 fully saturated rings. The number of anilines is 1. The van der Waals surface area contributed by atoms with Gasteiger partial charge < -0.3 is 19.5 Å². The first-order valence-corrected chi connectivity index (χ1v) is 11.7. The van der Waals surface area contributed by atoms with Crippen LogP contribution in [0.15, 0.2) is 65.8 Å². The van der Waals surface area contributed by atoms with Gasteiger partial charge in [0.05, 0.1) is 25.9 Å². The number of pyridine rings is 3. The van der Waals surface area contributed by atoms with Crippen LogP contribution in [0, 0.1) is 18.6 Å². The number of methoxy groups -OCH3 is 2. The number of nitrogens with zero attached hydrogens (tertiary/aromatic N) is 5. The van der Waals surface area contributed by atoms with Crippen molar-refractivity contribution in [2.24, 2.45) is 0 Å². The first kappa shape index (κ1) is 26.2. The molecule has 1 aromatic carbocycles. The van der Waals surface area contributed by atoms with Crippen LogP contribution in [-0.4, -0.2) is 44.6 Å². The number of ether oxygens (including phenoxy) is 3. The molecule has 1 amide bonds. The van der Waals surface area contributed by atoms with Crippen LogP contribution in [-0.2, 0) is 0 Å². The third-order valence-corrected chi connectivity index (χ3v) is 5.73. The van der Waals surface area contributed by atoms with Crippen LogP contribution in [0.25, 0.3) is 16.9 Å². The second kappa shape index (κ2) is 10.7. The molecule has 4 heterocycles. The lowest BCUT2D eigenvalue weighted by Gasteiger charge is -2.13. The fraction of sp³-hybridized carbons (Fsp3) is 0.111. The van der Waals surface area contributed by atoms with Gasteiger partial charge in [0.2, 0.25) is 0 Å². The Morgan fingerprint density at radius 3 is 2.45 bits per heavy atom. The van der Waals surface area contributed by atoms with Crippen molar-refractivity contribution in [3.05, 3.63) is 94.4 Å². The summed E-state index contributed by atoms with van der Waals surface area (Å²) in [6, 6.07) is 9.30. The topological polar surface area (TPSA) is 130 Å². The van der Waals surface area contributed by atoms with Crippen molar-refractivity contribution in [3.8, 4) is 28.9 Å². The molecule has 0 saturated carbocycles. The van der Waals surface area contributed by atoms with Crippen molar-refractivity contribution < 1.29 is 27.8 Å². The molecule has 0 aliphatic rings. The summed E-state index contributed by atoms with van der Waals surface area (Å²) in [5.74, 6) is -1.51. The van der Waals surface area contributed by atoms with E-state index in [0.29, 0.717) is 22.5 Å². The molecule has 5 aromatic rings. The Hall–Kier alpha value is -5.46. The minimum absolute atomic E-state index is 0.0483. The number of aryl methyl sites for hydroxylation is 1. The van der Waals surface area contributed by atoms with Crippen molar-refractivity contribution in [3.63, 3.8) is 0 Å². The van der Waals surface area contributed by atoms with Gasteiger partial charge in [0, 0.05) is 42.0 Å². The van der Waals surface area contributed by atoms with Crippen molar-refractivity contribution in [2.75, 3.05) is 19.5 Å². The second-order valence-electron chi connectivity index (χ2n) is 8.30. The Morgan fingerprint density at radius 1 is 0.925 bits per heavy atom. The number of rotatable bonds is 7. The lowest BCUT2D eigenvalue weighted by atomic mass is 10.2. The van der Waals surface area contributed by atoms with Gasteiger partial charge in [-0.1, -0.05) is 0 Å². The Morgan fingerprint density at radius 2 is 1.75 bits per heavy atom. The van der Waals surface area contributed by atoms with E-state index in [9.17, 15) is 14.0 Å². The monoisotopic (exact) mass is 546 g/mol. The Balaban J connectivity index is 1.40. The molecule has 5 rings (SSSR count). The zero-order valence-corrected chi connectivity index (χ0v) is 21.3. The molecular weight excluding hydrogens is 526 g/mol. The summed E-state index contributed by atoms with van der Waals surface area (Å²) >= 11 is 0. The number of carbonyl (C=O) groups excluding carboxylic acids is 1. The molecule has 0 unspecified atom stereocenters. The van der Waals surface area contributed by atoms with Gasteiger partial charge in [0.25, 0.3) is 17.3 Å². The first-order chi connectivity index (χ1) is 19.3. The molecule has 202 valence electrons. The summed E-state index contributed by atoms with van der Waals surface area (Å²) in [5, 5.41) is 2.45. The van der Waals surface area contributed by atoms with Crippen molar-refractivity contribution in [1.82, 2.24) is 24.5 Å². The lowest BCUT2D eigenvalue weighted by Crippen LogP contribution is -2.31. The number of carbonyl (C=O) groups is 1. The van der Waals surface area contributed by atoms with E-state index in [1.54, 1.807) is 13.0 Å². The summed E-state index contributed by atoms with van der Waals surface area (Å²) < 4.78 is 45.7. The van der Waals surface area contributed by atoms with Gasteiger partial charge in [-0.25, -0.2) is 23.7 Å². The lowest BCUT2D eigenvalue weighted by molar-refractivity contribution is 0.102. The number of hydrogen-bond acceptors (Lipinski definition) is 9. The SMILES string of the molecule is COc1cc2nccc(Oc3ccc(NC(=O)c4ncc(C)n(-c5ccc(F)cn5)c4=O)cc3F)c2nc1OC. The molecule has 11 nitrogen and oxygen atoms in total. The molecular formula is C27H20F2N6O5. The molecule has 40 heavy (non-hydrogen) atoms. The summed E-state index contributed by atoms with van der Waals surface area (Å²) in [5.41, 5.74) is -0.0623. The Bertz CT molecular complexity index is 1810. The van der Waals surface area contributed by atoms with Gasteiger partial charge in [-0.05, 0) is 31.2 Å². The molecule has 1 N–H and O–H groups in total. The summed E-state index contributed by atoms with van der Waals surface area (Å²) in [7, 11) is 2.90. The third-order valence-electron chi connectivity index (χ3n) is 5.73. The van der Waals surface area contributed by atoms with Gasteiger partial charge in [-0.3, -0.25) is 19.1 Å².